The molecule has 7 heteroatoms. The standard InChI is InChI=1S/C21H28F2N2O3/c1-14-10-19-16(11-15(14)12-24-8-6-21(22,23)7-9-24)20(27)25(13-28-19)17-4-2-3-5-18(17)26/h10-11,17-18,26H,2-9,12-13H2,1H3/t17-,18-/m1/s1. The van der Waals surface area contributed by atoms with Crippen LogP contribution in [0.25, 0.3) is 0 Å². The van der Waals surface area contributed by atoms with Gasteiger partial charge in [-0.1, -0.05) is 12.8 Å². The van der Waals surface area contributed by atoms with Gasteiger partial charge in [-0.3, -0.25) is 14.6 Å². The molecule has 0 aromatic heterocycles. The van der Waals surface area contributed by atoms with Gasteiger partial charge in [0.1, 0.15) is 5.75 Å². The first kappa shape index (κ1) is 19.6. The predicted molar refractivity (Wildman–Crippen MR) is 101 cm³/mol. The highest BCUT2D eigenvalue weighted by Crippen LogP contribution is 2.34. The highest BCUT2D eigenvalue weighted by Gasteiger charge is 2.37. The molecule has 2 atom stereocenters. The van der Waals surface area contributed by atoms with Gasteiger partial charge in [0.15, 0.2) is 6.73 Å². The molecule has 0 bridgehead atoms. The lowest BCUT2D eigenvalue weighted by atomic mass is 9.90. The van der Waals surface area contributed by atoms with E-state index in [1.54, 1.807) is 4.90 Å². The summed E-state index contributed by atoms with van der Waals surface area (Å²) >= 11 is 0. The number of carbonyl (C=O) groups excluding carboxylic acids is 1. The van der Waals surface area contributed by atoms with E-state index in [0.717, 1.165) is 30.4 Å². The van der Waals surface area contributed by atoms with E-state index in [1.165, 1.54) is 0 Å². The lowest BCUT2D eigenvalue weighted by molar-refractivity contribution is -0.0566. The van der Waals surface area contributed by atoms with Crippen molar-refractivity contribution in [1.29, 1.82) is 0 Å². The minimum atomic E-state index is -2.56. The van der Waals surface area contributed by atoms with E-state index in [4.69, 9.17) is 4.74 Å². The Labute approximate surface area is 164 Å². The molecule has 2 heterocycles. The summed E-state index contributed by atoms with van der Waals surface area (Å²) < 4.78 is 32.7. The maximum Gasteiger partial charge on any atom is 0.260 e. The van der Waals surface area contributed by atoms with Crippen LogP contribution in [-0.2, 0) is 6.54 Å². The van der Waals surface area contributed by atoms with Gasteiger partial charge in [-0.15, -0.1) is 0 Å². The second-order valence-corrected chi connectivity index (χ2v) is 8.37. The monoisotopic (exact) mass is 394 g/mol. The molecule has 0 spiro atoms. The van der Waals surface area contributed by atoms with E-state index in [9.17, 15) is 18.7 Å². The lowest BCUT2D eigenvalue weighted by Crippen LogP contribution is -2.51. The first-order valence-corrected chi connectivity index (χ1v) is 10.2. The Morgan fingerprint density at radius 1 is 1.21 bits per heavy atom. The summed E-state index contributed by atoms with van der Waals surface area (Å²) in [4.78, 5) is 16.8. The molecule has 154 valence electrons. The van der Waals surface area contributed by atoms with Crippen molar-refractivity contribution in [3.05, 3.63) is 28.8 Å². The van der Waals surface area contributed by atoms with Crippen LogP contribution in [0.2, 0.25) is 0 Å². The second kappa shape index (κ2) is 7.59. The Morgan fingerprint density at radius 2 is 1.93 bits per heavy atom. The fourth-order valence-corrected chi connectivity index (χ4v) is 4.52. The lowest BCUT2D eigenvalue weighted by Gasteiger charge is -2.40. The van der Waals surface area contributed by atoms with Crippen LogP contribution < -0.4 is 4.74 Å². The van der Waals surface area contributed by atoms with Crippen molar-refractivity contribution in [3.8, 4) is 5.75 Å². The molecule has 4 rings (SSSR count). The Kier molecular flexibility index (Phi) is 5.31. The number of rotatable bonds is 3. The van der Waals surface area contributed by atoms with Crippen molar-refractivity contribution >= 4 is 5.91 Å². The number of fused-ring (bicyclic) bond motifs is 1. The Morgan fingerprint density at radius 3 is 2.64 bits per heavy atom. The number of piperidine rings is 1. The van der Waals surface area contributed by atoms with Gasteiger partial charge in [-0.05, 0) is 43.0 Å². The minimum absolute atomic E-state index is 0.112. The van der Waals surface area contributed by atoms with Crippen LogP contribution in [0.1, 0.15) is 60.0 Å². The molecule has 1 aromatic rings. The highest BCUT2D eigenvalue weighted by atomic mass is 19.3. The third-order valence-electron chi connectivity index (χ3n) is 6.36. The van der Waals surface area contributed by atoms with Crippen LogP contribution in [0.5, 0.6) is 5.75 Å². The molecular formula is C21H28F2N2O3. The summed E-state index contributed by atoms with van der Waals surface area (Å²) in [6.45, 7) is 3.38. The van der Waals surface area contributed by atoms with Crippen LogP contribution >= 0.6 is 0 Å². The van der Waals surface area contributed by atoms with Gasteiger partial charge in [0.25, 0.3) is 11.8 Å². The van der Waals surface area contributed by atoms with Crippen molar-refractivity contribution in [2.45, 2.75) is 70.1 Å². The molecule has 1 saturated heterocycles. The third kappa shape index (κ3) is 3.87. The molecule has 1 saturated carbocycles. The Hall–Kier alpha value is -1.73. The van der Waals surface area contributed by atoms with Crippen molar-refractivity contribution in [1.82, 2.24) is 9.80 Å². The van der Waals surface area contributed by atoms with Gasteiger partial charge in [0.2, 0.25) is 0 Å². The normalized spacial score (nSPS) is 28.0. The second-order valence-electron chi connectivity index (χ2n) is 8.37. The van der Waals surface area contributed by atoms with Gasteiger partial charge < -0.3 is 9.84 Å². The number of carbonyl (C=O) groups is 1. The predicted octanol–water partition coefficient (Wildman–Crippen LogP) is 3.32. The molecular weight excluding hydrogens is 366 g/mol. The SMILES string of the molecule is Cc1cc2c(cc1CN1CCC(F)(F)CC1)C(=O)N([C@@H]1CCCC[C@H]1O)CO2. The summed E-state index contributed by atoms with van der Waals surface area (Å²) in [7, 11) is 0. The topological polar surface area (TPSA) is 53.0 Å². The van der Waals surface area contributed by atoms with Gasteiger partial charge in [-0.2, -0.15) is 0 Å². The number of aryl methyl sites for hydroxylation is 1. The number of halogens is 2. The number of aliphatic hydroxyl groups is 1. The van der Waals surface area contributed by atoms with E-state index in [0.29, 0.717) is 37.4 Å². The summed E-state index contributed by atoms with van der Waals surface area (Å²) in [5, 5.41) is 10.3. The summed E-state index contributed by atoms with van der Waals surface area (Å²) in [6, 6.07) is 3.51. The van der Waals surface area contributed by atoms with E-state index in [-0.39, 0.29) is 31.5 Å². The van der Waals surface area contributed by atoms with Crippen molar-refractivity contribution in [2.75, 3.05) is 19.8 Å². The van der Waals surface area contributed by atoms with Crippen molar-refractivity contribution in [3.63, 3.8) is 0 Å². The number of benzene rings is 1. The van der Waals surface area contributed by atoms with Crippen molar-refractivity contribution < 1.29 is 23.4 Å². The first-order chi connectivity index (χ1) is 13.3. The molecule has 1 N–H and O–H groups in total. The van der Waals surface area contributed by atoms with Crippen molar-refractivity contribution in [2.24, 2.45) is 0 Å². The van der Waals surface area contributed by atoms with E-state index < -0.39 is 12.0 Å². The molecule has 5 nitrogen and oxygen atoms in total. The summed E-state index contributed by atoms with van der Waals surface area (Å²) in [6.07, 6.45) is 2.72. The zero-order chi connectivity index (χ0) is 19.9. The third-order valence-corrected chi connectivity index (χ3v) is 6.36. The quantitative estimate of drug-likeness (QED) is 0.855. The number of hydrogen-bond acceptors (Lipinski definition) is 4. The molecule has 3 aliphatic rings. The molecule has 2 aliphatic heterocycles. The fourth-order valence-electron chi connectivity index (χ4n) is 4.52. The molecule has 0 unspecified atom stereocenters. The number of nitrogens with zero attached hydrogens (tertiary/aromatic N) is 2. The first-order valence-electron chi connectivity index (χ1n) is 10.2. The zero-order valence-corrected chi connectivity index (χ0v) is 16.3. The summed E-state index contributed by atoms with van der Waals surface area (Å²) in [5.74, 6) is -2.11. The van der Waals surface area contributed by atoms with Gasteiger partial charge in [-0.25, -0.2) is 8.78 Å². The largest absolute Gasteiger partial charge is 0.472 e. The van der Waals surface area contributed by atoms with Crippen LogP contribution in [0.15, 0.2) is 12.1 Å². The Bertz CT molecular complexity index is 745. The van der Waals surface area contributed by atoms with E-state index in [2.05, 4.69) is 0 Å². The average Bonchev–Trinajstić information content (AvgIpc) is 2.66. The van der Waals surface area contributed by atoms with Crippen LogP contribution in [0.3, 0.4) is 0 Å². The number of aliphatic hydroxyl groups excluding tert-OH is 1. The number of alkyl halides is 2. The highest BCUT2D eigenvalue weighted by molar-refractivity contribution is 5.98. The maximum absolute atomic E-state index is 13.4. The smallest absolute Gasteiger partial charge is 0.260 e. The molecule has 1 amide bonds. The summed E-state index contributed by atoms with van der Waals surface area (Å²) in [5.41, 5.74) is 2.47. The molecule has 1 aromatic carbocycles. The van der Waals surface area contributed by atoms with Crippen LogP contribution in [0, 0.1) is 6.92 Å². The van der Waals surface area contributed by atoms with Gasteiger partial charge >= 0.3 is 0 Å². The van der Waals surface area contributed by atoms with Crippen LogP contribution in [-0.4, -0.2) is 58.7 Å². The van der Waals surface area contributed by atoms with E-state index >= 15 is 0 Å². The maximum atomic E-state index is 13.4. The molecule has 2 fully saturated rings. The Balaban J connectivity index is 1.52. The fraction of sp³-hybridized carbons (Fsp3) is 0.667. The average molecular weight is 394 g/mol. The molecule has 1 aliphatic carbocycles. The number of likely N-dealkylation sites (tertiary alicyclic amines) is 1. The van der Waals surface area contributed by atoms with Crippen LogP contribution in [0.4, 0.5) is 8.78 Å². The number of amides is 1. The van der Waals surface area contributed by atoms with Gasteiger partial charge in [0.05, 0.1) is 17.7 Å². The van der Waals surface area contributed by atoms with E-state index in [1.807, 2.05) is 24.0 Å². The number of hydrogen-bond donors (Lipinski definition) is 1. The zero-order valence-electron chi connectivity index (χ0n) is 16.3. The minimum Gasteiger partial charge on any atom is -0.472 e. The number of ether oxygens (including phenoxy) is 1. The van der Waals surface area contributed by atoms with Gasteiger partial charge in [0, 0.05) is 32.5 Å². The molecule has 28 heavy (non-hydrogen) atoms. The molecule has 0 radical (unpaired) electrons.